The van der Waals surface area contributed by atoms with E-state index in [1.54, 1.807) is 18.5 Å². The van der Waals surface area contributed by atoms with Crippen LogP contribution < -0.4 is 10.5 Å². The molecule has 106 valence electrons. The van der Waals surface area contributed by atoms with E-state index in [9.17, 15) is 0 Å². The van der Waals surface area contributed by atoms with Gasteiger partial charge in [-0.1, -0.05) is 0 Å². The van der Waals surface area contributed by atoms with Gasteiger partial charge in [0.25, 0.3) is 5.95 Å². The maximum absolute atomic E-state index is 5.81. The van der Waals surface area contributed by atoms with Gasteiger partial charge in [0, 0.05) is 25.5 Å². The van der Waals surface area contributed by atoms with Crippen molar-refractivity contribution in [1.82, 2.24) is 29.6 Å². The maximum Gasteiger partial charge on any atom is 0.323 e. The van der Waals surface area contributed by atoms with Crippen molar-refractivity contribution < 1.29 is 4.74 Å². The summed E-state index contributed by atoms with van der Waals surface area (Å²) in [6, 6.07) is 2.05. The highest BCUT2D eigenvalue weighted by atomic mass is 16.5. The minimum absolute atomic E-state index is 0.124. The molecule has 0 aliphatic carbocycles. The van der Waals surface area contributed by atoms with Gasteiger partial charge in [-0.2, -0.15) is 20.1 Å². The monoisotopic (exact) mass is 275 g/mol. The molecule has 0 atom stereocenters. The summed E-state index contributed by atoms with van der Waals surface area (Å²) >= 11 is 0. The summed E-state index contributed by atoms with van der Waals surface area (Å²) in [5.41, 5.74) is 5.70. The van der Waals surface area contributed by atoms with Gasteiger partial charge in [0.15, 0.2) is 0 Å². The number of ether oxygens (including phenoxy) is 1. The van der Waals surface area contributed by atoms with Crippen molar-refractivity contribution in [3.8, 4) is 12.0 Å². The smallest absolute Gasteiger partial charge is 0.323 e. The predicted molar refractivity (Wildman–Crippen MR) is 72.5 cm³/mol. The Labute approximate surface area is 116 Å². The third kappa shape index (κ3) is 2.85. The topological polar surface area (TPSA) is 95.0 Å². The Hall–Kier alpha value is -2.22. The average Bonchev–Trinajstić information content (AvgIpc) is 2.95. The molecule has 1 fully saturated rings. The highest BCUT2D eigenvalue weighted by Gasteiger charge is 2.20. The average molecular weight is 275 g/mol. The maximum atomic E-state index is 5.81. The van der Waals surface area contributed by atoms with Crippen molar-refractivity contribution in [1.29, 1.82) is 0 Å². The van der Waals surface area contributed by atoms with Crippen LogP contribution in [0.5, 0.6) is 6.01 Å². The number of hydrogen-bond acceptors (Lipinski definition) is 7. The van der Waals surface area contributed by atoms with E-state index in [4.69, 9.17) is 10.5 Å². The van der Waals surface area contributed by atoms with Crippen molar-refractivity contribution in [3.63, 3.8) is 0 Å². The molecule has 0 radical (unpaired) electrons. The lowest BCUT2D eigenvalue weighted by Crippen LogP contribution is -2.36. The highest BCUT2D eigenvalue weighted by Crippen LogP contribution is 2.16. The molecule has 0 amide bonds. The molecule has 1 aliphatic heterocycles. The molecule has 2 aromatic heterocycles. The number of likely N-dealkylation sites (tertiary alicyclic amines) is 1. The number of piperidine rings is 1. The summed E-state index contributed by atoms with van der Waals surface area (Å²) in [6.45, 7) is 2.02. The summed E-state index contributed by atoms with van der Waals surface area (Å²) in [5, 5.41) is 4.07. The minimum atomic E-state index is 0.124. The first-order valence-electron chi connectivity index (χ1n) is 6.57. The SMILES string of the molecule is CN1CCC(Oc2nc(N)nc(-n3cccn3)n2)CC1. The molecule has 2 N–H and O–H groups in total. The van der Waals surface area contributed by atoms with Crippen LogP contribution in [0.25, 0.3) is 5.95 Å². The largest absolute Gasteiger partial charge is 0.460 e. The highest BCUT2D eigenvalue weighted by molar-refractivity contribution is 5.24. The molecule has 0 saturated carbocycles. The van der Waals surface area contributed by atoms with Gasteiger partial charge in [-0.15, -0.1) is 0 Å². The van der Waals surface area contributed by atoms with Gasteiger partial charge < -0.3 is 15.4 Å². The molecule has 1 saturated heterocycles. The molecule has 8 nitrogen and oxygen atoms in total. The molecule has 0 spiro atoms. The molecule has 3 rings (SSSR count). The number of aromatic nitrogens is 5. The molecule has 0 aromatic carbocycles. The summed E-state index contributed by atoms with van der Waals surface area (Å²) in [7, 11) is 2.10. The molecule has 2 aromatic rings. The van der Waals surface area contributed by atoms with Gasteiger partial charge in [-0.3, -0.25) is 0 Å². The Morgan fingerprint density at radius 3 is 2.75 bits per heavy atom. The second-order valence-electron chi connectivity index (χ2n) is 4.85. The molecule has 0 bridgehead atoms. The van der Waals surface area contributed by atoms with E-state index in [1.807, 2.05) is 0 Å². The van der Waals surface area contributed by atoms with E-state index in [2.05, 4.69) is 32.0 Å². The van der Waals surface area contributed by atoms with Crippen LogP contribution in [-0.2, 0) is 0 Å². The number of nitrogens with zero attached hydrogens (tertiary/aromatic N) is 6. The number of rotatable bonds is 3. The zero-order valence-corrected chi connectivity index (χ0v) is 11.3. The quantitative estimate of drug-likeness (QED) is 0.849. The lowest BCUT2D eigenvalue weighted by molar-refractivity contribution is 0.105. The summed E-state index contributed by atoms with van der Waals surface area (Å²) in [5.74, 6) is 0.499. The summed E-state index contributed by atoms with van der Waals surface area (Å²) in [6.07, 6.45) is 5.43. The van der Waals surface area contributed by atoms with Crippen molar-refractivity contribution in [2.24, 2.45) is 0 Å². The lowest BCUT2D eigenvalue weighted by Gasteiger charge is -2.28. The van der Waals surface area contributed by atoms with Crippen LogP contribution in [0.4, 0.5) is 5.95 Å². The van der Waals surface area contributed by atoms with Crippen molar-refractivity contribution in [2.75, 3.05) is 25.9 Å². The Balaban J connectivity index is 1.76. The van der Waals surface area contributed by atoms with E-state index >= 15 is 0 Å². The fraction of sp³-hybridized carbons (Fsp3) is 0.500. The molecule has 8 heteroatoms. The van der Waals surface area contributed by atoms with Gasteiger partial charge >= 0.3 is 6.01 Å². The standard InChI is InChI=1S/C12H17N7O/c1-18-7-3-9(4-8-18)20-12-16-10(13)15-11(17-12)19-6-2-5-14-19/h2,5-6,9H,3-4,7-8H2,1H3,(H2,13,15,16,17). The Bertz CT molecular complexity index is 563. The van der Waals surface area contributed by atoms with Crippen LogP contribution in [0, 0.1) is 0 Å². The van der Waals surface area contributed by atoms with Crippen LogP contribution >= 0.6 is 0 Å². The predicted octanol–water partition coefficient (Wildman–Crippen LogP) is 0.112. The normalized spacial score (nSPS) is 17.2. The first-order valence-corrected chi connectivity index (χ1v) is 6.57. The molecule has 3 heterocycles. The van der Waals surface area contributed by atoms with Crippen LogP contribution in [0.3, 0.4) is 0 Å². The van der Waals surface area contributed by atoms with E-state index in [0.717, 1.165) is 25.9 Å². The van der Waals surface area contributed by atoms with Gasteiger partial charge in [-0.25, -0.2) is 4.68 Å². The number of hydrogen-bond donors (Lipinski definition) is 1. The van der Waals surface area contributed by atoms with Gasteiger partial charge in [-0.05, 0) is 26.0 Å². The first kappa shape index (κ1) is 12.8. The number of anilines is 1. The van der Waals surface area contributed by atoms with Crippen LogP contribution in [0.15, 0.2) is 18.5 Å². The molecule has 20 heavy (non-hydrogen) atoms. The summed E-state index contributed by atoms with van der Waals surface area (Å²) < 4.78 is 7.34. The van der Waals surface area contributed by atoms with Gasteiger partial charge in [0.2, 0.25) is 5.95 Å². The van der Waals surface area contributed by atoms with Crippen molar-refractivity contribution in [2.45, 2.75) is 18.9 Å². The second-order valence-corrected chi connectivity index (χ2v) is 4.85. The van der Waals surface area contributed by atoms with E-state index in [1.165, 1.54) is 4.68 Å². The van der Waals surface area contributed by atoms with Crippen LogP contribution in [0.2, 0.25) is 0 Å². The first-order chi connectivity index (χ1) is 9.70. The third-order valence-corrected chi connectivity index (χ3v) is 3.27. The zero-order chi connectivity index (χ0) is 13.9. The molecule has 1 aliphatic rings. The number of nitrogen functional groups attached to an aromatic ring is 1. The fourth-order valence-corrected chi connectivity index (χ4v) is 2.16. The van der Waals surface area contributed by atoms with Crippen LogP contribution in [-0.4, -0.2) is 55.9 Å². The molecular formula is C12H17N7O. The van der Waals surface area contributed by atoms with Crippen molar-refractivity contribution >= 4 is 5.95 Å². The Kier molecular flexibility index (Phi) is 3.46. The Morgan fingerprint density at radius 2 is 2.05 bits per heavy atom. The third-order valence-electron chi connectivity index (χ3n) is 3.27. The van der Waals surface area contributed by atoms with E-state index in [-0.39, 0.29) is 18.1 Å². The lowest BCUT2D eigenvalue weighted by atomic mass is 10.1. The second kappa shape index (κ2) is 5.41. The van der Waals surface area contributed by atoms with Crippen LogP contribution in [0.1, 0.15) is 12.8 Å². The van der Waals surface area contributed by atoms with E-state index in [0.29, 0.717) is 5.95 Å². The zero-order valence-electron chi connectivity index (χ0n) is 11.3. The number of nitrogens with two attached hydrogens (primary N) is 1. The fourth-order valence-electron chi connectivity index (χ4n) is 2.16. The molecular weight excluding hydrogens is 258 g/mol. The van der Waals surface area contributed by atoms with Gasteiger partial charge in [0.1, 0.15) is 6.10 Å². The van der Waals surface area contributed by atoms with Gasteiger partial charge in [0.05, 0.1) is 0 Å². The van der Waals surface area contributed by atoms with Crippen molar-refractivity contribution in [3.05, 3.63) is 18.5 Å². The molecule has 0 unspecified atom stereocenters. The minimum Gasteiger partial charge on any atom is -0.460 e. The van der Waals surface area contributed by atoms with E-state index < -0.39 is 0 Å². The Morgan fingerprint density at radius 1 is 1.25 bits per heavy atom. The summed E-state index contributed by atoms with van der Waals surface area (Å²) in [4.78, 5) is 14.6.